The second-order valence-electron chi connectivity index (χ2n) is 5.73. The van der Waals surface area contributed by atoms with Gasteiger partial charge in [0.05, 0.1) is 9.79 Å². The van der Waals surface area contributed by atoms with Gasteiger partial charge in [-0.3, -0.25) is 0 Å². The molecule has 0 spiro atoms. The van der Waals surface area contributed by atoms with Crippen LogP contribution in [-0.4, -0.2) is 8.42 Å². The summed E-state index contributed by atoms with van der Waals surface area (Å²) in [6.45, 7) is 6.10. The summed E-state index contributed by atoms with van der Waals surface area (Å²) >= 11 is 0. The van der Waals surface area contributed by atoms with Gasteiger partial charge in [0.15, 0.2) is 0 Å². The molecule has 2 nitrogen and oxygen atoms in total. The highest BCUT2D eigenvalue weighted by Crippen LogP contribution is 2.35. The number of hydrogen-bond donors (Lipinski definition) is 0. The lowest BCUT2D eigenvalue weighted by atomic mass is 10.1. The van der Waals surface area contributed by atoms with Gasteiger partial charge in [-0.05, 0) is 67.3 Å². The molecule has 0 saturated carbocycles. The van der Waals surface area contributed by atoms with Crippen molar-refractivity contribution in [2.24, 2.45) is 0 Å². The zero-order chi connectivity index (χ0) is 15.9. The summed E-state index contributed by atoms with van der Waals surface area (Å²) in [7, 11) is -3.47. The van der Waals surface area contributed by atoms with Gasteiger partial charge in [0, 0.05) is 0 Å². The van der Waals surface area contributed by atoms with Gasteiger partial charge in [0.25, 0.3) is 0 Å². The average Bonchev–Trinajstić information content (AvgIpc) is 2.90. The molecular formula is C19H18O2S. The molecule has 3 heteroatoms. The Morgan fingerprint density at radius 1 is 0.682 bits per heavy atom. The van der Waals surface area contributed by atoms with Gasteiger partial charge < -0.3 is 0 Å². The van der Waals surface area contributed by atoms with Crippen LogP contribution in [0.4, 0.5) is 0 Å². The molecular weight excluding hydrogens is 292 g/mol. The van der Waals surface area contributed by atoms with Crippen molar-refractivity contribution >= 4 is 9.84 Å². The zero-order valence-electron chi connectivity index (χ0n) is 12.9. The maximum atomic E-state index is 12.8. The van der Waals surface area contributed by atoms with Crippen molar-refractivity contribution in [3.8, 4) is 11.1 Å². The molecule has 3 rings (SSSR count). The molecule has 1 aromatic carbocycles. The molecule has 2 aliphatic rings. The predicted molar refractivity (Wildman–Crippen MR) is 89.2 cm³/mol. The lowest BCUT2D eigenvalue weighted by Gasteiger charge is -2.01. The number of fused-ring (bicyclic) bond motifs is 1. The molecule has 0 atom stereocenters. The highest BCUT2D eigenvalue weighted by molar-refractivity contribution is 7.91. The minimum Gasteiger partial charge on any atom is -0.219 e. The van der Waals surface area contributed by atoms with Crippen LogP contribution in [0, 0.1) is 20.8 Å². The Kier molecular flexibility index (Phi) is 3.53. The van der Waals surface area contributed by atoms with Crippen LogP contribution in [0.2, 0.25) is 0 Å². The summed E-state index contributed by atoms with van der Waals surface area (Å²) in [6, 6.07) is 16.3. The van der Waals surface area contributed by atoms with Crippen molar-refractivity contribution in [1.82, 2.24) is 0 Å². The van der Waals surface area contributed by atoms with Crippen LogP contribution >= 0.6 is 0 Å². The Balaban J connectivity index is 2.27. The molecule has 0 unspecified atom stereocenters. The molecule has 0 radical (unpaired) electrons. The topological polar surface area (TPSA) is 34.1 Å². The van der Waals surface area contributed by atoms with Crippen molar-refractivity contribution in [1.29, 1.82) is 0 Å². The summed E-state index contributed by atoms with van der Waals surface area (Å²) in [5.41, 5.74) is 5.36. The van der Waals surface area contributed by atoms with E-state index in [0.717, 1.165) is 22.3 Å². The van der Waals surface area contributed by atoms with Crippen LogP contribution in [0.25, 0.3) is 11.1 Å². The van der Waals surface area contributed by atoms with E-state index >= 15 is 0 Å². The summed E-state index contributed by atoms with van der Waals surface area (Å²) in [5, 5.41) is 0. The van der Waals surface area contributed by atoms with E-state index in [1.807, 2.05) is 19.9 Å². The Morgan fingerprint density at radius 3 is 1.68 bits per heavy atom. The first-order valence-corrected chi connectivity index (χ1v) is 8.69. The number of benzene rings is 1. The summed E-state index contributed by atoms with van der Waals surface area (Å²) < 4.78 is 25.5. The maximum absolute atomic E-state index is 12.8. The van der Waals surface area contributed by atoms with Crippen LogP contribution in [0.1, 0.15) is 16.7 Å². The number of aryl methyl sites for hydroxylation is 3. The van der Waals surface area contributed by atoms with Crippen LogP contribution in [0.15, 0.2) is 64.4 Å². The highest BCUT2D eigenvalue weighted by Gasteiger charge is 2.22. The van der Waals surface area contributed by atoms with E-state index in [0.29, 0.717) is 9.79 Å². The van der Waals surface area contributed by atoms with E-state index in [9.17, 15) is 8.42 Å². The van der Waals surface area contributed by atoms with Crippen molar-refractivity contribution in [3.63, 3.8) is 0 Å². The first-order valence-electron chi connectivity index (χ1n) is 7.21. The molecule has 0 saturated heterocycles. The first-order chi connectivity index (χ1) is 10.4. The Morgan fingerprint density at radius 2 is 1.18 bits per heavy atom. The third kappa shape index (κ3) is 2.42. The van der Waals surface area contributed by atoms with Crippen molar-refractivity contribution in [2.75, 3.05) is 0 Å². The summed E-state index contributed by atoms with van der Waals surface area (Å²) in [5.74, 6) is 0. The first kappa shape index (κ1) is 14.8. The second-order valence-corrected chi connectivity index (χ2v) is 7.68. The fraction of sp³-hybridized carbons (Fsp3) is 0.158. The number of hydrogen-bond acceptors (Lipinski definition) is 2. The molecule has 0 N–H and O–H groups in total. The van der Waals surface area contributed by atoms with Crippen LogP contribution < -0.4 is 0 Å². The molecule has 22 heavy (non-hydrogen) atoms. The highest BCUT2D eigenvalue weighted by atomic mass is 32.2. The van der Waals surface area contributed by atoms with E-state index < -0.39 is 9.84 Å². The van der Waals surface area contributed by atoms with Crippen molar-refractivity contribution in [2.45, 2.75) is 30.6 Å². The smallest absolute Gasteiger partial charge is 0.206 e. The van der Waals surface area contributed by atoms with E-state index in [1.165, 1.54) is 5.56 Å². The Hall–Kier alpha value is -2.13. The molecule has 0 aliphatic heterocycles. The second kappa shape index (κ2) is 5.25. The van der Waals surface area contributed by atoms with Gasteiger partial charge in [0.2, 0.25) is 9.84 Å². The SMILES string of the molecule is Cc1cc(C)c2cc(S(=O)(=O)c3ccccc3)cc-2c(C)c1. The van der Waals surface area contributed by atoms with E-state index in [1.54, 1.807) is 36.4 Å². The van der Waals surface area contributed by atoms with Gasteiger partial charge in [-0.15, -0.1) is 0 Å². The third-order valence-electron chi connectivity index (χ3n) is 3.97. The molecule has 0 amide bonds. The molecule has 2 aliphatic carbocycles. The normalized spacial score (nSPS) is 11.8. The fourth-order valence-electron chi connectivity index (χ4n) is 2.91. The lowest BCUT2D eigenvalue weighted by molar-refractivity contribution is 0.596. The van der Waals surface area contributed by atoms with Gasteiger partial charge in [-0.2, -0.15) is 0 Å². The lowest BCUT2D eigenvalue weighted by Crippen LogP contribution is -1.99. The summed E-state index contributed by atoms with van der Waals surface area (Å²) in [6.07, 6.45) is 0. The Labute approximate surface area is 131 Å². The predicted octanol–water partition coefficient (Wildman–Crippen LogP) is 4.55. The van der Waals surface area contributed by atoms with E-state index in [2.05, 4.69) is 19.1 Å². The summed E-state index contributed by atoms with van der Waals surface area (Å²) in [4.78, 5) is 0.699. The fourth-order valence-corrected chi connectivity index (χ4v) is 4.24. The quantitative estimate of drug-likeness (QED) is 0.696. The maximum Gasteiger partial charge on any atom is 0.206 e. The largest absolute Gasteiger partial charge is 0.219 e. The molecule has 0 aromatic heterocycles. The van der Waals surface area contributed by atoms with E-state index in [4.69, 9.17) is 0 Å². The zero-order valence-corrected chi connectivity index (χ0v) is 13.7. The third-order valence-corrected chi connectivity index (χ3v) is 5.71. The van der Waals surface area contributed by atoms with Crippen molar-refractivity contribution < 1.29 is 8.42 Å². The minimum atomic E-state index is -3.47. The number of rotatable bonds is 2. The molecule has 112 valence electrons. The van der Waals surface area contributed by atoms with Crippen LogP contribution in [-0.2, 0) is 9.84 Å². The van der Waals surface area contributed by atoms with Crippen LogP contribution in [0.3, 0.4) is 0 Å². The van der Waals surface area contributed by atoms with Crippen molar-refractivity contribution in [3.05, 3.63) is 71.3 Å². The van der Waals surface area contributed by atoms with Gasteiger partial charge in [0.1, 0.15) is 0 Å². The monoisotopic (exact) mass is 310 g/mol. The standard InChI is InChI=1S/C19H18O2S/c1-13-9-14(2)18-11-17(12-19(18)15(3)10-13)22(20,21)16-7-5-4-6-8-16/h4-12H,1-3H3. The van der Waals surface area contributed by atoms with Gasteiger partial charge >= 0.3 is 0 Å². The number of sulfone groups is 1. The molecule has 0 fully saturated rings. The Bertz CT molecular complexity index is 870. The van der Waals surface area contributed by atoms with Crippen LogP contribution in [0.5, 0.6) is 0 Å². The van der Waals surface area contributed by atoms with Gasteiger partial charge in [-0.25, -0.2) is 8.42 Å². The van der Waals surface area contributed by atoms with Gasteiger partial charge in [-0.1, -0.05) is 35.9 Å². The van der Waals surface area contributed by atoms with E-state index in [-0.39, 0.29) is 0 Å². The molecule has 0 bridgehead atoms. The molecule has 1 aromatic rings. The average molecular weight is 310 g/mol. The minimum absolute atomic E-state index is 0.334. The molecule has 0 heterocycles.